The summed E-state index contributed by atoms with van der Waals surface area (Å²) in [6, 6.07) is 11.8. The van der Waals surface area contributed by atoms with Crippen molar-refractivity contribution < 1.29 is 9.84 Å². The molecule has 0 saturated heterocycles. The summed E-state index contributed by atoms with van der Waals surface area (Å²) in [7, 11) is 0. The summed E-state index contributed by atoms with van der Waals surface area (Å²) in [6.07, 6.45) is 2.29. The molecule has 0 saturated carbocycles. The molecule has 0 aliphatic rings. The summed E-state index contributed by atoms with van der Waals surface area (Å²) < 4.78 is 7.18. The highest BCUT2D eigenvalue weighted by molar-refractivity contribution is 9.10. The summed E-state index contributed by atoms with van der Waals surface area (Å²) in [5, 5.41) is 27.7. The van der Waals surface area contributed by atoms with Gasteiger partial charge in [0.05, 0.1) is 18.2 Å². The molecule has 9 nitrogen and oxygen atoms in total. The van der Waals surface area contributed by atoms with E-state index in [0.717, 1.165) is 32.2 Å². The number of aromatic nitrogens is 6. The standard InChI is InChI=1S/C20H20BrN7O2/c1-12-8-17(16-9-14(21)2-3-18(16)24-12)19(13-4-6-22-7-5-13)30-11-15(29)10-23-20-25-27-28-26-20/h2-9,15,19,29H,10-11H2,1H3,(H2,23,25,26,27,28). The minimum absolute atomic E-state index is 0.106. The maximum Gasteiger partial charge on any atom is 0.263 e. The predicted octanol–water partition coefficient (Wildman–Crippen LogP) is 2.79. The molecule has 0 aliphatic heterocycles. The zero-order valence-electron chi connectivity index (χ0n) is 16.2. The van der Waals surface area contributed by atoms with Gasteiger partial charge in [-0.2, -0.15) is 5.21 Å². The molecule has 0 bridgehead atoms. The number of halogens is 1. The number of fused-ring (bicyclic) bond motifs is 1. The molecule has 2 atom stereocenters. The fourth-order valence-corrected chi connectivity index (χ4v) is 3.56. The van der Waals surface area contributed by atoms with E-state index in [1.165, 1.54) is 0 Å². The highest BCUT2D eigenvalue weighted by atomic mass is 79.9. The van der Waals surface area contributed by atoms with Crippen molar-refractivity contribution in [2.45, 2.75) is 19.1 Å². The molecule has 0 spiro atoms. The number of aliphatic hydroxyl groups is 1. The lowest BCUT2D eigenvalue weighted by Gasteiger charge is -2.23. The molecule has 3 heterocycles. The Morgan fingerprint density at radius 3 is 2.80 bits per heavy atom. The second kappa shape index (κ2) is 9.24. The molecule has 0 radical (unpaired) electrons. The van der Waals surface area contributed by atoms with E-state index in [1.54, 1.807) is 12.4 Å². The van der Waals surface area contributed by atoms with Gasteiger partial charge in [0.2, 0.25) is 0 Å². The number of anilines is 1. The maximum atomic E-state index is 10.4. The fraction of sp³-hybridized carbons (Fsp3) is 0.250. The second-order valence-electron chi connectivity index (χ2n) is 6.78. The first-order chi connectivity index (χ1) is 14.6. The van der Waals surface area contributed by atoms with E-state index in [-0.39, 0.29) is 13.2 Å². The average Bonchev–Trinajstić information content (AvgIpc) is 3.27. The third-order valence-corrected chi connectivity index (χ3v) is 5.01. The van der Waals surface area contributed by atoms with Crippen LogP contribution < -0.4 is 5.32 Å². The first-order valence-electron chi connectivity index (χ1n) is 9.34. The lowest BCUT2D eigenvalue weighted by Crippen LogP contribution is -2.26. The van der Waals surface area contributed by atoms with Crippen LogP contribution in [0.2, 0.25) is 0 Å². The molecule has 4 aromatic rings. The van der Waals surface area contributed by atoms with Gasteiger partial charge in [-0.15, -0.1) is 5.10 Å². The largest absolute Gasteiger partial charge is 0.389 e. The van der Waals surface area contributed by atoms with Crippen molar-refractivity contribution in [2.75, 3.05) is 18.5 Å². The number of ether oxygens (including phenoxy) is 1. The van der Waals surface area contributed by atoms with Gasteiger partial charge in [0.25, 0.3) is 5.95 Å². The van der Waals surface area contributed by atoms with E-state index >= 15 is 0 Å². The SMILES string of the molecule is Cc1cc(C(OCC(O)CNc2nn[nH]n2)c2ccncc2)c2cc(Br)ccc2n1. The number of nitrogens with zero attached hydrogens (tertiary/aromatic N) is 5. The number of pyridine rings is 2. The van der Waals surface area contributed by atoms with Crippen molar-refractivity contribution in [1.82, 2.24) is 30.6 Å². The van der Waals surface area contributed by atoms with Crippen molar-refractivity contribution >= 4 is 32.8 Å². The van der Waals surface area contributed by atoms with Gasteiger partial charge in [-0.05, 0) is 59.7 Å². The van der Waals surface area contributed by atoms with E-state index in [9.17, 15) is 5.11 Å². The summed E-state index contributed by atoms with van der Waals surface area (Å²) in [5.41, 5.74) is 3.69. The highest BCUT2D eigenvalue weighted by Gasteiger charge is 2.20. The zero-order valence-corrected chi connectivity index (χ0v) is 17.7. The molecule has 0 amide bonds. The van der Waals surface area contributed by atoms with Gasteiger partial charge in [-0.1, -0.05) is 21.0 Å². The van der Waals surface area contributed by atoms with Crippen LogP contribution in [0.3, 0.4) is 0 Å². The number of aryl methyl sites for hydroxylation is 1. The predicted molar refractivity (Wildman–Crippen MR) is 115 cm³/mol. The lowest BCUT2D eigenvalue weighted by atomic mass is 9.97. The van der Waals surface area contributed by atoms with Crippen molar-refractivity contribution in [2.24, 2.45) is 0 Å². The van der Waals surface area contributed by atoms with Gasteiger partial charge in [0.15, 0.2) is 0 Å². The number of benzene rings is 1. The number of tetrazole rings is 1. The van der Waals surface area contributed by atoms with Crippen LogP contribution >= 0.6 is 15.9 Å². The minimum Gasteiger partial charge on any atom is -0.389 e. The van der Waals surface area contributed by atoms with Crippen LogP contribution in [0.25, 0.3) is 10.9 Å². The Balaban J connectivity index is 1.61. The molecular formula is C20H20BrN7O2. The van der Waals surface area contributed by atoms with E-state index in [0.29, 0.717) is 5.95 Å². The first kappa shape index (κ1) is 20.3. The summed E-state index contributed by atoms with van der Waals surface area (Å²) in [5.74, 6) is 0.320. The first-order valence-corrected chi connectivity index (χ1v) is 10.1. The van der Waals surface area contributed by atoms with E-state index in [4.69, 9.17) is 4.74 Å². The molecule has 2 unspecified atom stereocenters. The second-order valence-corrected chi connectivity index (χ2v) is 7.69. The molecule has 0 fully saturated rings. The molecular weight excluding hydrogens is 450 g/mol. The van der Waals surface area contributed by atoms with Crippen molar-refractivity contribution in [1.29, 1.82) is 0 Å². The van der Waals surface area contributed by atoms with Gasteiger partial charge >= 0.3 is 0 Å². The number of aromatic amines is 1. The third-order valence-electron chi connectivity index (χ3n) is 4.52. The number of H-pyrrole nitrogens is 1. The lowest BCUT2D eigenvalue weighted by molar-refractivity contribution is 0.0118. The van der Waals surface area contributed by atoms with Crippen LogP contribution in [-0.4, -0.2) is 55.0 Å². The normalized spacial score (nSPS) is 13.3. The zero-order chi connectivity index (χ0) is 20.9. The number of hydrogen-bond acceptors (Lipinski definition) is 8. The Hall–Kier alpha value is -2.95. The number of hydrogen-bond donors (Lipinski definition) is 3. The summed E-state index contributed by atoms with van der Waals surface area (Å²) in [6.45, 7) is 2.29. The average molecular weight is 470 g/mol. The van der Waals surface area contributed by atoms with Crippen LogP contribution in [0.15, 0.2) is 53.3 Å². The topological polar surface area (TPSA) is 122 Å². The molecule has 10 heteroatoms. The Morgan fingerprint density at radius 1 is 1.20 bits per heavy atom. The molecule has 154 valence electrons. The third kappa shape index (κ3) is 4.78. The van der Waals surface area contributed by atoms with Gasteiger partial charge in [0, 0.05) is 34.5 Å². The van der Waals surface area contributed by atoms with E-state index in [1.807, 2.05) is 43.3 Å². The van der Waals surface area contributed by atoms with Crippen LogP contribution in [0.4, 0.5) is 5.95 Å². The van der Waals surface area contributed by atoms with Gasteiger partial charge < -0.3 is 15.2 Å². The quantitative estimate of drug-likeness (QED) is 0.360. The molecule has 4 rings (SSSR count). The number of nitrogens with one attached hydrogen (secondary N) is 2. The summed E-state index contributed by atoms with van der Waals surface area (Å²) >= 11 is 3.55. The van der Waals surface area contributed by atoms with Crippen LogP contribution in [0.5, 0.6) is 0 Å². The van der Waals surface area contributed by atoms with Crippen molar-refractivity contribution in [3.8, 4) is 0 Å². The Morgan fingerprint density at radius 2 is 2.03 bits per heavy atom. The molecule has 3 aromatic heterocycles. The Kier molecular flexibility index (Phi) is 6.26. The monoisotopic (exact) mass is 469 g/mol. The Labute approximate surface area is 181 Å². The molecule has 0 aliphatic carbocycles. The molecule has 3 N–H and O–H groups in total. The number of aliphatic hydroxyl groups excluding tert-OH is 1. The maximum absolute atomic E-state index is 10.4. The Bertz CT molecular complexity index is 1110. The van der Waals surface area contributed by atoms with Gasteiger partial charge in [-0.25, -0.2) is 0 Å². The van der Waals surface area contributed by atoms with Crippen LogP contribution in [0, 0.1) is 6.92 Å². The number of rotatable bonds is 8. The van der Waals surface area contributed by atoms with Crippen molar-refractivity contribution in [3.05, 3.63) is 70.1 Å². The van der Waals surface area contributed by atoms with E-state index in [2.05, 4.69) is 51.8 Å². The van der Waals surface area contributed by atoms with Crippen LogP contribution in [-0.2, 0) is 4.74 Å². The molecule has 1 aromatic carbocycles. The van der Waals surface area contributed by atoms with Gasteiger partial charge in [-0.3, -0.25) is 9.97 Å². The van der Waals surface area contributed by atoms with E-state index < -0.39 is 12.2 Å². The minimum atomic E-state index is -0.770. The van der Waals surface area contributed by atoms with Crippen LogP contribution in [0.1, 0.15) is 22.9 Å². The van der Waals surface area contributed by atoms with Crippen molar-refractivity contribution in [3.63, 3.8) is 0 Å². The molecule has 30 heavy (non-hydrogen) atoms. The summed E-state index contributed by atoms with van der Waals surface area (Å²) in [4.78, 5) is 8.75. The smallest absolute Gasteiger partial charge is 0.263 e. The highest BCUT2D eigenvalue weighted by Crippen LogP contribution is 2.33. The van der Waals surface area contributed by atoms with Gasteiger partial charge in [0.1, 0.15) is 6.10 Å². The fourth-order valence-electron chi connectivity index (χ4n) is 3.19.